The molecule has 0 rings (SSSR count). The van der Waals surface area contributed by atoms with E-state index in [0.717, 1.165) is 0 Å². The Kier molecular flexibility index (Phi) is 3.29. The lowest BCUT2D eigenvalue weighted by Crippen LogP contribution is -2.15. The van der Waals surface area contributed by atoms with Gasteiger partial charge in [0.25, 0.3) is 5.92 Å². The predicted octanol–water partition coefficient (Wildman–Crippen LogP) is 3.37. The summed E-state index contributed by atoms with van der Waals surface area (Å²) in [6, 6.07) is 0. The Morgan fingerprint density at radius 2 is 1.64 bits per heavy atom. The van der Waals surface area contributed by atoms with Crippen LogP contribution in [0.25, 0.3) is 0 Å². The van der Waals surface area contributed by atoms with Crippen LogP contribution >= 0.6 is 0 Å². The maximum atomic E-state index is 12.2. The van der Waals surface area contributed by atoms with Crippen LogP contribution in [-0.4, -0.2) is 5.92 Å². The third-order valence-corrected chi connectivity index (χ3v) is 1.11. The third-order valence-electron chi connectivity index (χ3n) is 1.11. The Labute approximate surface area is 62.2 Å². The van der Waals surface area contributed by atoms with E-state index >= 15 is 0 Å². The fraction of sp³-hybridized carbons (Fsp3) is 0.429. The number of rotatable bonds is 4. The van der Waals surface area contributed by atoms with E-state index in [4.69, 9.17) is 0 Å². The molecule has 0 aromatic heterocycles. The molecular weight excluding hydrogens is 160 g/mol. The molecule has 0 aromatic rings. The molecule has 0 spiro atoms. The summed E-state index contributed by atoms with van der Waals surface area (Å²) in [5, 5.41) is 0. The van der Waals surface area contributed by atoms with Crippen LogP contribution in [0.15, 0.2) is 24.8 Å². The lowest BCUT2D eigenvalue weighted by Gasteiger charge is -2.11. The molecule has 0 saturated heterocycles. The second-order valence-electron chi connectivity index (χ2n) is 2.13. The Balaban J connectivity index is 3.92. The summed E-state index contributed by atoms with van der Waals surface area (Å²) in [4.78, 5) is 0. The molecule has 0 aliphatic rings. The molecule has 0 aliphatic carbocycles. The van der Waals surface area contributed by atoms with Crippen molar-refractivity contribution >= 4 is 0 Å². The lowest BCUT2D eigenvalue weighted by molar-refractivity contribution is 0.00953. The number of allylic oxidation sites excluding steroid dienone is 2. The first-order chi connectivity index (χ1) is 4.86. The van der Waals surface area contributed by atoms with Crippen molar-refractivity contribution in [1.82, 2.24) is 0 Å². The molecule has 0 saturated carbocycles. The van der Waals surface area contributed by atoms with Crippen LogP contribution in [-0.2, 0) is 0 Å². The highest BCUT2D eigenvalue weighted by Crippen LogP contribution is 2.30. The maximum absolute atomic E-state index is 12.2. The molecule has 0 radical (unpaired) electrons. The standard InChI is InChI=1S/C7H8F4/c1-5(8)3-4-7(10,11)6(2)9/h1-4H2. The van der Waals surface area contributed by atoms with Gasteiger partial charge in [0.15, 0.2) is 5.83 Å². The zero-order chi connectivity index (χ0) is 9.07. The van der Waals surface area contributed by atoms with Crippen molar-refractivity contribution in [2.75, 3.05) is 0 Å². The number of hydrogen-bond acceptors (Lipinski definition) is 0. The van der Waals surface area contributed by atoms with Crippen LogP contribution in [0.3, 0.4) is 0 Å². The highest BCUT2D eigenvalue weighted by Gasteiger charge is 2.33. The quantitative estimate of drug-likeness (QED) is 0.564. The van der Waals surface area contributed by atoms with E-state index in [1.54, 1.807) is 0 Å². The minimum absolute atomic E-state index is 0.546. The highest BCUT2D eigenvalue weighted by atomic mass is 19.3. The highest BCUT2D eigenvalue weighted by molar-refractivity contribution is 4.98. The van der Waals surface area contributed by atoms with Gasteiger partial charge in [0.1, 0.15) is 0 Å². The van der Waals surface area contributed by atoms with Crippen molar-refractivity contribution in [1.29, 1.82) is 0 Å². The van der Waals surface area contributed by atoms with Crippen molar-refractivity contribution in [2.24, 2.45) is 0 Å². The summed E-state index contributed by atoms with van der Waals surface area (Å²) in [7, 11) is 0. The van der Waals surface area contributed by atoms with Gasteiger partial charge in [-0.25, -0.2) is 8.78 Å². The van der Waals surface area contributed by atoms with Crippen molar-refractivity contribution in [3.8, 4) is 0 Å². The minimum atomic E-state index is -3.63. The molecule has 64 valence electrons. The van der Waals surface area contributed by atoms with E-state index < -0.39 is 30.4 Å². The Morgan fingerprint density at radius 1 is 1.18 bits per heavy atom. The van der Waals surface area contributed by atoms with Crippen LogP contribution in [0, 0.1) is 0 Å². The SMILES string of the molecule is C=C(F)CCC(F)(F)C(=C)F. The number of halogens is 4. The van der Waals surface area contributed by atoms with Crippen molar-refractivity contribution < 1.29 is 17.6 Å². The van der Waals surface area contributed by atoms with Gasteiger partial charge in [-0.2, -0.15) is 8.78 Å². The van der Waals surface area contributed by atoms with Gasteiger partial charge in [-0.15, -0.1) is 0 Å². The molecule has 0 aliphatic heterocycles. The average molecular weight is 168 g/mol. The van der Waals surface area contributed by atoms with Gasteiger partial charge >= 0.3 is 0 Å². The summed E-state index contributed by atoms with van der Waals surface area (Å²) in [6.07, 6.45) is -1.46. The fourth-order valence-electron chi connectivity index (χ4n) is 0.428. The van der Waals surface area contributed by atoms with Crippen LogP contribution in [0.5, 0.6) is 0 Å². The zero-order valence-electron chi connectivity index (χ0n) is 5.84. The molecule has 0 aromatic carbocycles. The molecule has 0 nitrogen and oxygen atoms in total. The monoisotopic (exact) mass is 168 g/mol. The second-order valence-corrected chi connectivity index (χ2v) is 2.13. The summed E-state index contributed by atoms with van der Waals surface area (Å²) >= 11 is 0. The molecule has 11 heavy (non-hydrogen) atoms. The fourth-order valence-corrected chi connectivity index (χ4v) is 0.428. The van der Waals surface area contributed by atoms with Crippen LogP contribution in [0.2, 0.25) is 0 Å². The van der Waals surface area contributed by atoms with Gasteiger partial charge in [-0.05, 0) is 0 Å². The van der Waals surface area contributed by atoms with Crippen LogP contribution in [0.4, 0.5) is 17.6 Å². The summed E-state index contributed by atoms with van der Waals surface area (Å²) in [6.45, 7) is 5.20. The van der Waals surface area contributed by atoms with E-state index in [0.29, 0.717) is 0 Å². The van der Waals surface area contributed by atoms with Gasteiger partial charge in [-0.1, -0.05) is 13.2 Å². The van der Waals surface area contributed by atoms with Crippen LogP contribution in [0.1, 0.15) is 12.8 Å². The minimum Gasteiger partial charge on any atom is -0.212 e. The van der Waals surface area contributed by atoms with Gasteiger partial charge in [0.2, 0.25) is 0 Å². The summed E-state index contributed by atoms with van der Waals surface area (Å²) in [5.41, 5.74) is 0. The predicted molar refractivity (Wildman–Crippen MR) is 34.7 cm³/mol. The van der Waals surface area contributed by atoms with Crippen molar-refractivity contribution in [3.05, 3.63) is 24.8 Å². The van der Waals surface area contributed by atoms with E-state index in [1.165, 1.54) is 0 Å². The molecule has 0 heterocycles. The second kappa shape index (κ2) is 3.55. The third kappa shape index (κ3) is 3.80. The van der Waals surface area contributed by atoms with E-state index in [2.05, 4.69) is 13.2 Å². The van der Waals surface area contributed by atoms with Gasteiger partial charge in [0.05, 0.1) is 5.83 Å². The Bertz CT molecular complexity index is 171. The average Bonchev–Trinajstić information content (AvgIpc) is 1.84. The van der Waals surface area contributed by atoms with E-state index in [-0.39, 0.29) is 0 Å². The zero-order valence-corrected chi connectivity index (χ0v) is 5.84. The van der Waals surface area contributed by atoms with E-state index in [9.17, 15) is 17.6 Å². The first kappa shape index (κ1) is 10.2. The first-order valence-electron chi connectivity index (χ1n) is 2.92. The molecule has 0 amide bonds. The normalized spacial score (nSPS) is 11.3. The topological polar surface area (TPSA) is 0 Å². The lowest BCUT2D eigenvalue weighted by atomic mass is 10.1. The van der Waals surface area contributed by atoms with Gasteiger partial charge in [0, 0.05) is 12.8 Å². The summed E-state index contributed by atoms with van der Waals surface area (Å²) in [5.74, 6) is -6.25. The number of alkyl halides is 2. The molecule has 0 N–H and O–H groups in total. The summed E-state index contributed by atoms with van der Waals surface area (Å²) < 4.78 is 48.1. The van der Waals surface area contributed by atoms with Crippen molar-refractivity contribution in [2.45, 2.75) is 18.8 Å². The molecule has 0 unspecified atom stereocenters. The molecule has 0 bridgehead atoms. The Morgan fingerprint density at radius 3 is 1.91 bits per heavy atom. The first-order valence-corrected chi connectivity index (χ1v) is 2.92. The smallest absolute Gasteiger partial charge is 0.212 e. The molecule has 4 heteroatoms. The molecular formula is C7H8F4. The number of hydrogen-bond donors (Lipinski definition) is 0. The van der Waals surface area contributed by atoms with Gasteiger partial charge in [-0.3, -0.25) is 0 Å². The Hall–Kier alpha value is -0.800. The molecule has 0 fully saturated rings. The maximum Gasteiger partial charge on any atom is 0.298 e. The molecule has 0 atom stereocenters. The van der Waals surface area contributed by atoms with Crippen LogP contribution < -0.4 is 0 Å². The van der Waals surface area contributed by atoms with E-state index in [1.807, 2.05) is 0 Å². The largest absolute Gasteiger partial charge is 0.298 e. The van der Waals surface area contributed by atoms with Gasteiger partial charge < -0.3 is 0 Å². The van der Waals surface area contributed by atoms with Crippen molar-refractivity contribution in [3.63, 3.8) is 0 Å².